The lowest BCUT2D eigenvalue weighted by Gasteiger charge is -2.23. The monoisotopic (exact) mass is 271 g/mol. The number of phenols is 1. The standard InChI is InChI=1S/C17H22N2O/c1-13-5-8-15(11-17(13)20)18-12-14-6-9-16(10-7-14)19(2,3)4/h5-11,18H,12H2,1-4H3/p+1. The molecule has 0 spiro atoms. The minimum Gasteiger partial charge on any atom is -0.508 e. The first-order chi connectivity index (χ1) is 9.36. The van der Waals surface area contributed by atoms with E-state index in [0.717, 1.165) is 22.3 Å². The summed E-state index contributed by atoms with van der Waals surface area (Å²) in [5.74, 6) is 0.329. The van der Waals surface area contributed by atoms with Gasteiger partial charge in [0.15, 0.2) is 0 Å². The van der Waals surface area contributed by atoms with Gasteiger partial charge < -0.3 is 10.4 Å². The highest BCUT2D eigenvalue weighted by atomic mass is 16.3. The molecular formula is C17H23N2O+. The Balaban J connectivity index is 2.02. The second kappa shape index (κ2) is 5.55. The van der Waals surface area contributed by atoms with Crippen molar-refractivity contribution in [2.75, 3.05) is 26.5 Å². The third-order valence-electron chi connectivity index (χ3n) is 3.42. The Morgan fingerprint density at radius 1 is 1.00 bits per heavy atom. The van der Waals surface area contributed by atoms with E-state index in [1.165, 1.54) is 11.3 Å². The fraction of sp³-hybridized carbons (Fsp3) is 0.294. The van der Waals surface area contributed by atoms with Crippen molar-refractivity contribution in [3.8, 4) is 5.75 Å². The minimum atomic E-state index is 0.329. The lowest BCUT2D eigenvalue weighted by atomic mass is 10.1. The van der Waals surface area contributed by atoms with E-state index in [9.17, 15) is 5.11 Å². The molecule has 0 atom stereocenters. The fourth-order valence-corrected chi connectivity index (χ4v) is 1.98. The molecule has 2 N–H and O–H groups in total. The highest BCUT2D eigenvalue weighted by Gasteiger charge is 2.10. The van der Waals surface area contributed by atoms with Crippen molar-refractivity contribution in [1.29, 1.82) is 0 Å². The van der Waals surface area contributed by atoms with Crippen LogP contribution in [0, 0.1) is 6.92 Å². The number of hydrogen-bond donors (Lipinski definition) is 2. The van der Waals surface area contributed by atoms with Gasteiger partial charge in [-0.1, -0.05) is 18.2 Å². The molecule has 0 radical (unpaired) electrons. The molecule has 0 heterocycles. The van der Waals surface area contributed by atoms with Crippen LogP contribution in [0.15, 0.2) is 42.5 Å². The van der Waals surface area contributed by atoms with Crippen LogP contribution in [0.3, 0.4) is 0 Å². The number of nitrogens with zero attached hydrogens (tertiary/aromatic N) is 1. The molecule has 2 aromatic rings. The molecule has 20 heavy (non-hydrogen) atoms. The van der Waals surface area contributed by atoms with Crippen molar-refractivity contribution in [3.05, 3.63) is 53.6 Å². The summed E-state index contributed by atoms with van der Waals surface area (Å²) in [6, 6.07) is 14.2. The van der Waals surface area contributed by atoms with Crippen LogP contribution in [0.5, 0.6) is 5.75 Å². The first-order valence-electron chi connectivity index (χ1n) is 6.81. The molecular weight excluding hydrogens is 248 g/mol. The van der Waals surface area contributed by atoms with Gasteiger partial charge in [-0.25, -0.2) is 0 Å². The van der Waals surface area contributed by atoms with Crippen LogP contribution in [0.2, 0.25) is 0 Å². The summed E-state index contributed by atoms with van der Waals surface area (Å²) in [6.45, 7) is 2.64. The Morgan fingerprint density at radius 3 is 2.20 bits per heavy atom. The van der Waals surface area contributed by atoms with E-state index in [1.807, 2.05) is 19.1 Å². The van der Waals surface area contributed by atoms with E-state index in [1.54, 1.807) is 6.07 Å². The fourth-order valence-electron chi connectivity index (χ4n) is 1.98. The molecule has 0 aliphatic heterocycles. The van der Waals surface area contributed by atoms with Crippen molar-refractivity contribution in [1.82, 2.24) is 4.48 Å². The van der Waals surface area contributed by atoms with Crippen molar-refractivity contribution >= 4 is 11.4 Å². The van der Waals surface area contributed by atoms with E-state index in [-0.39, 0.29) is 0 Å². The average molecular weight is 271 g/mol. The Kier molecular flexibility index (Phi) is 4.00. The van der Waals surface area contributed by atoms with Crippen LogP contribution in [0.4, 0.5) is 11.4 Å². The molecule has 2 rings (SSSR count). The zero-order valence-corrected chi connectivity index (χ0v) is 12.6. The second-order valence-corrected chi connectivity index (χ2v) is 6.03. The summed E-state index contributed by atoms with van der Waals surface area (Å²) >= 11 is 0. The number of phenolic OH excluding ortho intramolecular Hbond substituents is 1. The number of hydrogen-bond acceptors (Lipinski definition) is 2. The summed E-state index contributed by atoms with van der Waals surface area (Å²) in [5.41, 5.74) is 4.33. The van der Waals surface area contributed by atoms with Crippen LogP contribution in [-0.2, 0) is 6.54 Å². The number of quaternary nitrogens is 1. The molecule has 0 saturated carbocycles. The Morgan fingerprint density at radius 2 is 1.65 bits per heavy atom. The average Bonchev–Trinajstić information content (AvgIpc) is 2.40. The van der Waals surface area contributed by atoms with Gasteiger partial charge in [-0.3, -0.25) is 4.48 Å². The lowest BCUT2D eigenvalue weighted by molar-refractivity contribution is 0.471. The highest BCUT2D eigenvalue weighted by molar-refractivity contribution is 5.51. The zero-order valence-electron chi connectivity index (χ0n) is 12.6. The van der Waals surface area contributed by atoms with E-state index in [2.05, 4.69) is 50.7 Å². The zero-order chi connectivity index (χ0) is 14.8. The summed E-state index contributed by atoms with van der Waals surface area (Å²) in [5, 5.41) is 13.0. The Labute approximate surface area is 121 Å². The number of anilines is 1. The topological polar surface area (TPSA) is 32.3 Å². The predicted octanol–water partition coefficient (Wildman–Crippen LogP) is 3.51. The number of aromatic hydroxyl groups is 1. The van der Waals surface area contributed by atoms with Gasteiger partial charge >= 0.3 is 0 Å². The summed E-state index contributed by atoms with van der Waals surface area (Å²) in [6.07, 6.45) is 0. The Hall–Kier alpha value is -2.00. The molecule has 2 aromatic carbocycles. The maximum Gasteiger partial charge on any atom is 0.132 e. The van der Waals surface area contributed by atoms with Crippen LogP contribution in [0.25, 0.3) is 0 Å². The number of aryl methyl sites for hydroxylation is 1. The van der Waals surface area contributed by atoms with Crippen molar-refractivity contribution in [2.45, 2.75) is 13.5 Å². The van der Waals surface area contributed by atoms with Crippen molar-refractivity contribution in [3.63, 3.8) is 0 Å². The summed E-state index contributed by atoms with van der Waals surface area (Å²) in [7, 11) is 6.47. The van der Waals surface area contributed by atoms with Gasteiger partial charge in [0.05, 0.1) is 21.1 Å². The van der Waals surface area contributed by atoms with Crippen LogP contribution in [-0.4, -0.2) is 26.2 Å². The van der Waals surface area contributed by atoms with Gasteiger partial charge in [0.25, 0.3) is 0 Å². The van der Waals surface area contributed by atoms with Gasteiger partial charge in [-0.15, -0.1) is 0 Å². The van der Waals surface area contributed by atoms with E-state index in [0.29, 0.717) is 5.75 Å². The summed E-state index contributed by atoms with van der Waals surface area (Å²) < 4.78 is 0.819. The number of rotatable bonds is 4. The molecule has 0 unspecified atom stereocenters. The van der Waals surface area contributed by atoms with Crippen molar-refractivity contribution < 1.29 is 5.11 Å². The van der Waals surface area contributed by atoms with Crippen molar-refractivity contribution in [2.24, 2.45) is 0 Å². The highest BCUT2D eigenvalue weighted by Crippen LogP contribution is 2.22. The molecule has 0 saturated heterocycles. The number of benzene rings is 2. The van der Waals surface area contributed by atoms with E-state index < -0.39 is 0 Å². The van der Waals surface area contributed by atoms with Crippen LogP contribution < -0.4 is 9.80 Å². The van der Waals surface area contributed by atoms with Gasteiger partial charge in [0.2, 0.25) is 0 Å². The Bertz CT molecular complexity index is 583. The molecule has 0 fully saturated rings. The number of nitrogens with one attached hydrogen (secondary N) is 1. The first kappa shape index (κ1) is 14.4. The van der Waals surface area contributed by atoms with Gasteiger partial charge in [0, 0.05) is 18.3 Å². The summed E-state index contributed by atoms with van der Waals surface area (Å²) in [4.78, 5) is 0. The normalized spacial score (nSPS) is 11.4. The van der Waals surface area contributed by atoms with Crippen LogP contribution >= 0.6 is 0 Å². The first-order valence-corrected chi connectivity index (χ1v) is 6.81. The maximum absolute atomic E-state index is 9.68. The van der Waals surface area contributed by atoms with Gasteiger partial charge in [0.1, 0.15) is 11.4 Å². The minimum absolute atomic E-state index is 0.329. The lowest BCUT2D eigenvalue weighted by Crippen LogP contribution is -2.34. The second-order valence-electron chi connectivity index (χ2n) is 6.03. The van der Waals surface area contributed by atoms with Gasteiger partial charge in [-0.2, -0.15) is 0 Å². The van der Waals surface area contributed by atoms with E-state index in [4.69, 9.17) is 0 Å². The third kappa shape index (κ3) is 3.52. The largest absolute Gasteiger partial charge is 0.508 e. The molecule has 3 heteroatoms. The molecule has 106 valence electrons. The molecule has 0 aromatic heterocycles. The van der Waals surface area contributed by atoms with E-state index >= 15 is 0 Å². The van der Waals surface area contributed by atoms with Gasteiger partial charge in [-0.05, 0) is 36.2 Å². The van der Waals surface area contributed by atoms with Crippen LogP contribution in [0.1, 0.15) is 11.1 Å². The molecule has 3 nitrogen and oxygen atoms in total. The predicted molar refractivity (Wildman–Crippen MR) is 86.2 cm³/mol. The molecule has 0 bridgehead atoms. The molecule has 0 amide bonds. The quantitative estimate of drug-likeness (QED) is 0.834. The third-order valence-corrected chi connectivity index (χ3v) is 3.42. The molecule has 0 aliphatic rings. The maximum atomic E-state index is 9.68. The smallest absolute Gasteiger partial charge is 0.132 e. The SMILES string of the molecule is Cc1ccc(NCc2ccc([N+](C)(C)C)cc2)cc1O. The molecule has 0 aliphatic carbocycles.